The van der Waals surface area contributed by atoms with Crippen molar-refractivity contribution < 1.29 is 4.79 Å². The predicted octanol–water partition coefficient (Wildman–Crippen LogP) is 2.59. The van der Waals surface area contributed by atoms with Crippen LogP contribution in [0.25, 0.3) is 0 Å². The minimum absolute atomic E-state index is 0.166. The molecule has 0 aliphatic rings. The first-order valence-corrected chi connectivity index (χ1v) is 5.20. The smallest absolute Gasteiger partial charge is 0.138 e. The van der Waals surface area contributed by atoms with Crippen molar-refractivity contribution in [2.75, 3.05) is 0 Å². The van der Waals surface area contributed by atoms with E-state index in [1.54, 1.807) is 6.20 Å². The molecule has 1 rings (SSSR count). The highest BCUT2D eigenvalue weighted by Gasteiger charge is 2.23. The Morgan fingerprint density at radius 1 is 1.47 bits per heavy atom. The first-order chi connectivity index (χ1) is 6.91. The maximum absolute atomic E-state index is 11.8. The molecule has 0 aliphatic heterocycles. The van der Waals surface area contributed by atoms with E-state index >= 15 is 0 Å². The second-order valence-electron chi connectivity index (χ2n) is 4.91. The average Bonchev–Trinajstić information content (AvgIpc) is 2.17. The minimum atomic E-state index is -0.263. The number of Topliss-reactive ketones (excluding diaryl/α,β-unsaturated/α-hetero) is 1. The van der Waals surface area contributed by atoms with Gasteiger partial charge < -0.3 is 0 Å². The fraction of sp³-hybridized carbons (Fsp3) is 0.583. The van der Waals surface area contributed by atoms with Crippen LogP contribution in [0.3, 0.4) is 0 Å². The highest BCUT2D eigenvalue weighted by atomic mass is 16.1. The molecule has 0 saturated carbocycles. The molecule has 1 unspecified atom stereocenters. The van der Waals surface area contributed by atoms with Crippen LogP contribution in [0.2, 0.25) is 0 Å². The second-order valence-corrected chi connectivity index (χ2v) is 4.91. The number of carbonyl (C=O) groups is 1. The van der Waals surface area contributed by atoms with Crippen LogP contribution in [-0.4, -0.2) is 15.8 Å². The maximum Gasteiger partial charge on any atom is 0.138 e. The van der Waals surface area contributed by atoms with Crippen molar-refractivity contribution in [1.82, 2.24) is 9.97 Å². The zero-order valence-electron chi connectivity index (χ0n) is 9.82. The molecule has 0 aliphatic carbocycles. The number of rotatable bonds is 3. The summed E-state index contributed by atoms with van der Waals surface area (Å²) in [6, 6.07) is 1.86. The van der Waals surface area contributed by atoms with Gasteiger partial charge in [-0.25, -0.2) is 9.97 Å². The van der Waals surface area contributed by atoms with E-state index in [2.05, 4.69) is 9.97 Å². The SMILES string of the molecule is CC(CC(=O)C(C)(C)C)c1ccncn1. The monoisotopic (exact) mass is 206 g/mol. The van der Waals surface area contributed by atoms with Gasteiger partial charge >= 0.3 is 0 Å². The van der Waals surface area contributed by atoms with Crippen molar-refractivity contribution in [2.45, 2.75) is 40.0 Å². The number of hydrogen-bond donors (Lipinski definition) is 0. The minimum Gasteiger partial charge on any atom is -0.299 e. The zero-order chi connectivity index (χ0) is 11.5. The van der Waals surface area contributed by atoms with Crippen molar-refractivity contribution in [2.24, 2.45) is 5.41 Å². The van der Waals surface area contributed by atoms with Crippen molar-refractivity contribution in [3.63, 3.8) is 0 Å². The normalized spacial score (nSPS) is 13.6. The highest BCUT2D eigenvalue weighted by molar-refractivity contribution is 5.84. The Labute approximate surface area is 91.0 Å². The molecule has 3 heteroatoms. The number of carbonyl (C=O) groups excluding carboxylic acids is 1. The van der Waals surface area contributed by atoms with E-state index in [0.717, 1.165) is 5.69 Å². The summed E-state index contributed by atoms with van der Waals surface area (Å²) in [5.74, 6) is 0.438. The lowest BCUT2D eigenvalue weighted by Crippen LogP contribution is -2.21. The van der Waals surface area contributed by atoms with Crippen LogP contribution in [0.1, 0.15) is 45.7 Å². The van der Waals surface area contributed by atoms with Crippen LogP contribution in [0.4, 0.5) is 0 Å². The molecule has 0 fully saturated rings. The van der Waals surface area contributed by atoms with E-state index in [9.17, 15) is 4.79 Å². The molecular formula is C12H18N2O. The molecule has 0 radical (unpaired) electrons. The lowest BCUT2D eigenvalue weighted by molar-refractivity contribution is -0.126. The molecule has 1 aromatic heterocycles. The standard InChI is InChI=1S/C12H18N2O/c1-9(7-11(15)12(2,3)4)10-5-6-13-8-14-10/h5-6,8-9H,7H2,1-4H3. The van der Waals surface area contributed by atoms with Gasteiger partial charge in [0.15, 0.2) is 0 Å². The quantitative estimate of drug-likeness (QED) is 0.763. The molecule has 0 aromatic carbocycles. The Balaban J connectivity index is 2.65. The summed E-state index contributed by atoms with van der Waals surface area (Å²) in [6.45, 7) is 7.86. The van der Waals surface area contributed by atoms with Gasteiger partial charge in [-0.05, 0) is 6.07 Å². The Morgan fingerprint density at radius 2 is 2.13 bits per heavy atom. The van der Waals surface area contributed by atoms with E-state index < -0.39 is 0 Å². The Hall–Kier alpha value is -1.25. The fourth-order valence-electron chi connectivity index (χ4n) is 1.28. The lowest BCUT2D eigenvalue weighted by Gasteiger charge is -2.19. The van der Waals surface area contributed by atoms with E-state index in [0.29, 0.717) is 6.42 Å². The molecule has 0 bridgehead atoms. The Bertz CT molecular complexity index is 327. The third kappa shape index (κ3) is 3.42. The zero-order valence-corrected chi connectivity index (χ0v) is 9.82. The van der Waals surface area contributed by atoms with Gasteiger partial charge in [-0.2, -0.15) is 0 Å². The van der Waals surface area contributed by atoms with Crippen LogP contribution in [0.15, 0.2) is 18.6 Å². The van der Waals surface area contributed by atoms with E-state index in [1.807, 2.05) is 33.8 Å². The second kappa shape index (κ2) is 4.51. The largest absolute Gasteiger partial charge is 0.299 e. The maximum atomic E-state index is 11.8. The number of aromatic nitrogens is 2. The van der Waals surface area contributed by atoms with Crippen molar-refractivity contribution in [3.05, 3.63) is 24.3 Å². The first kappa shape index (κ1) is 11.8. The first-order valence-electron chi connectivity index (χ1n) is 5.20. The summed E-state index contributed by atoms with van der Waals surface area (Å²) >= 11 is 0. The van der Waals surface area contributed by atoms with E-state index in [1.165, 1.54) is 6.33 Å². The highest BCUT2D eigenvalue weighted by Crippen LogP contribution is 2.24. The molecule has 15 heavy (non-hydrogen) atoms. The van der Waals surface area contributed by atoms with Crippen LogP contribution in [0.5, 0.6) is 0 Å². The van der Waals surface area contributed by atoms with E-state index in [4.69, 9.17) is 0 Å². The summed E-state index contributed by atoms with van der Waals surface area (Å²) in [7, 11) is 0. The van der Waals surface area contributed by atoms with Gasteiger partial charge in [-0.3, -0.25) is 4.79 Å². The average molecular weight is 206 g/mol. The molecular weight excluding hydrogens is 188 g/mol. The topological polar surface area (TPSA) is 42.9 Å². The van der Waals surface area contributed by atoms with Crippen LogP contribution < -0.4 is 0 Å². The van der Waals surface area contributed by atoms with E-state index in [-0.39, 0.29) is 17.1 Å². The van der Waals surface area contributed by atoms with Crippen molar-refractivity contribution in [3.8, 4) is 0 Å². The number of hydrogen-bond acceptors (Lipinski definition) is 3. The van der Waals surface area contributed by atoms with Gasteiger partial charge in [0.25, 0.3) is 0 Å². The summed E-state index contributed by atoms with van der Waals surface area (Å²) in [4.78, 5) is 19.8. The fourth-order valence-corrected chi connectivity index (χ4v) is 1.28. The molecule has 3 nitrogen and oxygen atoms in total. The summed E-state index contributed by atoms with van der Waals surface area (Å²) in [5, 5.41) is 0. The van der Waals surface area contributed by atoms with Crippen LogP contribution in [0, 0.1) is 5.41 Å². The Kier molecular flexibility index (Phi) is 3.56. The molecule has 1 atom stereocenters. The summed E-state index contributed by atoms with van der Waals surface area (Å²) in [5.41, 5.74) is 0.670. The van der Waals surface area contributed by atoms with Gasteiger partial charge in [0.2, 0.25) is 0 Å². The Morgan fingerprint density at radius 3 is 2.60 bits per heavy atom. The third-order valence-electron chi connectivity index (χ3n) is 2.44. The molecule has 0 spiro atoms. The molecule has 1 aromatic rings. The van der Waals surface area contributed by atoms with Gasteiger partial charge in [-0.15, -0.1) is 0 Å². The van der Waals surface area contributed by atoms with Gasteiger partial charge in [-0.1, -0.05) is 27.7 Å². The molecule has 0 saturated heterocycles. The van der Waals surface area contributed by atoms with Crippen LogP contribution in [-0.2, 0) is 4.79 Å². The van der Waals surface area contributed by atoms with Crippen molar-refractivity contribution in [1.29, 1.82) is 0 Å². The van der Waals surface area contributed by atoms with Gasteiger partial charge in [0, 0.05) is 29.6 Å². The number of ketones is 1. The van der Waals surface area contributed by atoms with Crippen LogP contribution >= 0.6 is 0 Å². The lowest BCUT2D eigenvalue weighted by atomic mass is 9.85. The molecule has 0 amide bonds. The third-order valence-corrected chi connectivity index (χ3v) is 2.44. The molecule has 1 heterocycles. The molecule has 0 N–H and O–H groups in total. The predicted molar refractivity (Wildman–Crippen MR) is 59.5 cm³/mol. The van der Waals surface area contributed by atoms with Crippen molar-refractivity contribution >= 4 is 5.78 Å². The summed E-state index contributed by atoms with van der Waals surface area (Å²) < 4.78 is 0. The van der Waals surface area contributed by atoms with Gasteiger partial charge in [0.05, 0.1) is 0 Å². The van der Waals surface area contributed by atoms with Gasteiger partial charge in [0.1, 0.15) is 12.1 Å². The number of nitrogens with zero attached hydrogens (tertiary/aromatic N) is 2. The molecule has 82 valence electrons. The summed E-state index contributed by atoms with van der Waals surface area (Å²) in [6.07, 6.45) is 3.77.